The van der Waals surface area contributed by atoms with Crippen LogP contribution >= 0.6 is 0 Å². The lowest BCUT2D eigenvalue weighted by atomic mass is 9.72. The molecular weight excluding hydrogens is 432 g/mol. The van der Waals surface area contributed by atoms with Crippen LogP contribution in [0, 0.1) is 0 Å². The Hall–Kier alpha value is -3.88. The van der Waals surface area contributed by atoms with Crippen LogP contribution < -0.4 is 28.4 Å². The van der Waals surface area contributed by atoms with Crippen molar-refractivity contribution in [2.75, 3.05) is 48.8 Å². The van der Waals surface area contributed by atoms with Crippen molar-refractivity contribution in [1.82, 2.24) is 0 Å². The third-order valence-corrected chi connectivity index (χ3v) is 5.38. The van der Waals surface area contributed by atoms with E-state index in [1.807, 2.05) is 0 Å². The Morgan fingerprint density at radius 1 is 0.939 bits per heavy atom. The SMILES string of the molecule is C=CCOC(=O)C1(c2c(OC)cc(OC)cc2OC)COc2cc(OC)cc(OC)c2C1=O. The van der Waals surface area contributed by atoms with E-state index in [0.717, 1.165) is 0 Å². The van der Waals surface area contributed by atoms with E-state index in [4.69, 9.17) is 33.2 Å². The zero-order chi connectivity index (χ0) is 24.2. The van der Waals surface area contributed by atoms with Crippen LogP contribution in [0.2, 0.25) is 0 Å². The van der Waals surface area contributed by atoms with Gasteiger partial charge in [-0.2, -0.15) is 0 Å². The maximum Gasteiger partial charge on any atom is 0.328 e. The van der Waals surface area contributed by atoms with Crippen molar-refractivity contribution < 1.29 is 42.7 Å². The zero-order valence-electron chi connectivity index (χ0n) is 19.2. The maximum atomic E-state index is 14.1. The summed E-state index contributed by atoms with van der Waals surface area (Å²) in [5.41, 5.74) is -1.74. The van der Waals surface area contributed by atoms with Crippen LogP contribution in [0.15, 0.2) is 36.9 Å². The summed E-state index contributed by atoms with van der Waals surface area (Å²) in [7, 11) is 7.19. The Kier molecular flexibility index (Phi) is 7.01. The number of hydrogen-bond donors (Lipinski definition) is 0. The number of ketones is 1. The Labute approximate surface area is 191 Å². The Morgan fingerprint density at radius 2 is 1.48 bits per heavy atom. The van der Waals surface area contributed by atoms with Crippen molar-refractivity contribution in [3.05, 3.63) is 48.0 Å². The lowest BCUT2D eigenvalue weighted by molar-refractivity contribution is -0.148. The van der Waals surface area contributed by atoms with Crippen molar-refractivity contribution in [2.24, 2.45) is 0 Å². The lowest BCUT2D eigenvalue weighted by Gasteiger charge is -2.36. The number of esters is 1. The van der Waals surface area contributed by atoms with Gasteiger partial charge in [-0.25, -0.2) is 0 Å². The van der Waals surface area contributed by atoms with Crippen LogP contribution in [0.1, 0.15) is 15.9 Å². The first-order chi connectivity index (χ1) is 15.9. The van der Waals surface area contributed by atoms with Crippen molar-refractivity contribution in [2.45, 2.75) is 5.41 Å². The van der Waals surface area contributed by atoms with Gasteiger partial charge >= 0.3 is 5.97 Å². The largest absolute Gasteiger partial charge is 0.496 e. The summed E-state index contributed by atoms with van der Waals surface area (Å²) in [6.45, 7) is 3.09. The summed E-state index contributed by atoms with van der Waals surface area (Å²) < 4.78 is 38.4. The van der Waals surface area contributed by atoms with Gasteiger partial charge in [0.2, 0.25) is 0 Å². The second-order valence-corrected chi connectivity index (χ2v) is 7.02. The molecule has 0 saturated carbocycles. The van der Waals surface area contributed by atoms with E-state index in [-0.39, 0.29) is 47.3 Å². The molecule has 0 bridgehead atoms. The van der Waals surface area contributed by atoms with E-state index >= 15 is 0 Å². The van der Waals surface area contributed by atoms with Crippen molar-refractivity contribution in [3.63, 3.8) is 0 Å². The maximum absolute atomic E-state index is 14.1. The van der Waals surface area contributed by atoms with E-state index in [1.165, 1.54) is 47.7 Å². The minimum absolute atomic E-state index is 0.0695. The van der Waals surface area contributed by atoms with E-state index in [2.05, 4.69) is 6.58 Å². The molecule has 9 nitrogen and oxygen atoms in total. The van der Waals surface area contributed by atoms with Crippen LogP contribution in [0.5, 0.6) is 34.5 Å². The zero-order valence-corrected chi connectivity index (χ0v) is 19.2. The average molecular weight is 458 g/mol. The number of carbonyl (C=O) groups excluding carboxylic acids is 2. The molecule has 2 aromatic carbocycles. The van der Waals surface area contributed by atoms with Gasteiger partial charge in [-0.15, -0.1) is 0 Å². The molecule has 1 aliphatic rings. The van der Waals surface area contributed by atoms with Crippen LogP contribution in [0.4, 0.5) is 0 Å². The fourth-order valence-corrected chi connectivity index (χ4v) is 3.77. The third kappa shape index (κ3) is 3.90. The van der Waals surface area contributed by atoms with Crippen molar-refractivity contribution in [3.8, 4) is 34.5 Å². The number of Topliss-reactive ketones (excluding diaryl/α,β-unsaturated/α-hetero) is 1. The quantitative estimate of drug-likeness (QED) is 0.319. The highest BCUT2D eigenvalue weighted by atomic mass is 16.5. The molecule has 1 aliphatic heterocycles. The molecular formula is C24H26O9. The first-order valence-corrected chi connectivity index (χ1v) is 9.94. The summed E-state index contributed by atoms with van der Waals surface area (Å²) >= 11 is 0. The van der Waals surface area contributed by atoms with Crippen LogP contribution in [-0.4, -0.2) is 60.5 Å². The molecule has 0 spiro atoms. The van der Waals surface area contributed by atoms with Crippen molar-refractivity contribution in [1.29, 1.82) is 0 Å². The third-order valence-electron chi connectivity index (χ3n) is 5.38. The number of carbonyl (C=O) groups is 2. The number of rotatable bonds is 9. The first-order valence-electron chi connectivity index (χ1n) is 9.94. The smallest absolute Gasteiger partial charge is 0.328 e. The summed E-state index contributed by atoms with van der Waals surface area (Å²) in [5.74, 6) is 0.172. The molecule has 0 amide bonds. The van der Waals surface area contributed by atoms with Crippen LogP contribution in [0.25, 0.3) is 0 Å². The number of methoxy groups -OCH3 is 5. The molecule has 33 heavy (non-hydrogen) atoms. The number of hydrogen-bond acceptors (Lipinski definition) is 9. The monoisotopic (exact) mass is 458 g/mol. The van der Waals surface area contributed by atoms with E-state index in [0.29, 0.717) is 11.5 Å². The highest BCUT2D eigenvalue weighted by molar-refractivity contribution is 6.21. The van der Waals surface area contributed by atoms with Gasteiger partial charge in [-0.05, 0) is 0 Å². The van der Waals surface area contributed by atoms with E-state index < -0.39 is 17.2 Å². The highest BCUT2D eigenvalue weighted by Gasteiger charge is 2.57. The van der Waals surface area contributed by atoms with Gasteiger partial charge in [0.15, 0.2) is 11.2 Å². The fraction of sp³-hybridized carbons (Fsp3) is 0.333. The van der Waals surface area contributed by atoms with Gasteiger partial charge in [0.1, 0.15) is 53.3 Å². The predicted octanol–water partition coefficient (Wildman–Crippen LogP) is 2.97. The molecule has 0 saturated heterocycles. The molecule has 0 aromatic heterocycles. The molecule has 0 N–H and O–H groups in total. The average Bonchev–Trinajstić information content (AvgIpc) is 2.86. The van der Waals surface area contributed by atoms with Gasteiger partial charge in [-0.1, -0.05) is 12.7 Å². The Morgan fingerprint density at radius 3 is 2.00 bits per heavy atom. The minimum Gasteiger partial charge on any atom is -0.496 e. The second kappa shape index (κ2) is 9.72. The normalized spacial score (nSPS) is 16.7. The van der Waals surface area contributed by atoms with Gasteiger partial charge in [0.05, 0.1) is 41.1 Å². The summed E-state index contributed by atoms with van der Waals surface area (Å²) in [5, 5.41) is 0. The van der Waals surface area contributed by atoms with E-state index in [9.17, 15) is 9.59 Å². The fourth-order valence-electron chi connectivity index (χ4n) is 3.77. The Bertz CT molecular complexity index is 1030. The van der Waals surface area contributed by atoms with Gasteiger partial charge in [0.25, 0.3) is 0 Å². The van der Waals surface area contributed by atoms with Crippen molar-refractivity contribution >= 4 is 11.8 Å². The van der Waals surface area contributed by atoms with Crippen LogP contribution in [-0.2, 0) is 14.9 Å². The Balaban J connectivity index is 2.35. The molecule has 0 fully saturated rings. The summed E-state index contributed by atoms with van der Waals surface area (Å²) in [6, 6.07) is 6.19. The van der Waals surface area contributed by atoms with E-state index in [1.54, 1.807) is 18.2 Å². The molecule has 9 heteroatoms. The molecule has 176 valence electrons. The van der Waals surface area contributed by atoms with Crippen LogP contribution in [0.3, 0.4) is 0 Å². The molecule has 0 radical (unpaired) electrons. The van der Waals surface area contributed by atoms with Gasteiger partial charge in [0, 0.05) is 24.3 Å². The molecule has 1 heterocycles. The predicted molar refractivity (Wildman–Crippen MR) is 118 cm³/mol. The second-order valence-electron chi connectivity index (χ2n) is 7.02. The molecule has 0 aliphatic carbocycles. The number of benzene rings is 2. The summed E-state index contributed by atoms with van der Waals surface area (Å²) in [6.07, 6.45) is 1.40. The highest BCUT2D eigenvalue weighted by Crippen LogP contribution is 2.50. The standard InChI is InChI=1S/C24H26O9/c1-7-8-32-23(26)24(21-18(30-5)11-15(28-3)12-19(21)31-6)13-33-17-10-14(27-2)9-16(29-4)20(17)22(24)25/h7,9-12H,1,8,13H2,2-6H3. The molecule has 3 rings (SSSR count). The van der Waals surface area contributed by atoms with Gasteiger partial charge in [-0.3, -0.25) is 9.59 Å². The molecule has 1 atom stereocenters. The lowest BCUT2D eigenvalue weighted by Crippen LogP contribution is -2.52. The molecule has 1 unspecified atom stereocenters. The number of ether oxygens (including phenoxy) is 7. The topological polar surface area (TPSA) is 98.8 Å². The minimum atomic E-state index is -1.96. The molecule has 2 aromatic rings. The first kappa shape index (κ1) is 23.8. The summed E-state index contributed by atoms with van der Waals surface area (Å²) in [4.78, 5) is 27.7. The van der Waals surface area contributed by atoms with Gasteiger partial charge < -0.3 is 33.2 Å². The number of fused-ring (bicyclic) bond motifs is 1.